The maximum Gasteiger partial charge on any atom is 0.107 e. The van der Waals surface area contributed by atoms with Gasteiger partial charge in [0, 0.05) is 40.4 Å². The van der Waals surface area contributed by atoms with Gasteiger partial charge in [0.1, 0.15) is 5.01 Å². The molecule has 0 amide bonds. The third-order valence-corrected chi connectivity index (χ3v) is 6.48. The molecule has 0 bridgehead atoms. The molecule has 2 heterocycles. The lowest BCUT2D eigenvalue weighted by molar-refractivity contribution is 0.426. The van der Waals surface area contributed by atoms with Gasteiger partial charge < -0.3 is 5.32 Å². The lowest BCUT2D eigenvalue weighted by atomic mass is 10.1. The first kappa shape index (κ1) is 13.7. The number of nitrogens with one attached hydrogen (secondary N) is 1. The molecule has 17 heavy (non-hydrogen) atoms. The standard InChI is InChI=1S/C12H20N2S3/c1-12(2,3)14-7-9-6-13-11(17-9)10-8-15-4-5-16-10/h6,10,14H,4-5,7-8H2,1-3H3. The fourth-order valence-electron chi connectivity index (χ4n) is 1.54. The molecule has 1 aliphatic heterocycles. The van der Waals surface area contributed by atoms with Crippen LogP contribution in [0, 0.1) is 0 Å². The van der Waals surface area contributed by atoms with Gasteiger partial charge in [0.05, 0.1) is 5.25 Å². The van der Waals surface area contributed by atoms with E-state index in [0.29, 0.717) is 5.25 Å². The first-order valence-corrected chi connectivity index (χ1v) is 8.95. The number of thiazole rings is 1. The van der Waals surface area contributed by atoms with Gasteiger partial charge in [-0.05, 0) is 20.8 Å². The number of thioether (sulfide) groups is 2. The van der Waals surface area contributed by atoms with Crippen LogP contribution in [0.15, 0.2) is 6.20 Å². The smallest absolute Gasteiger partial charge is 0.107 e. The molecule has 96 valence electrons. The van der Waals surface area contributed by atoms with Crippen LogP contribution in [-0.4, -0.2) is 27.8 Å². The van der Waals surface area contributed by atoms with Crippen molar-refractivity contribution in [2.45, 2.75) is 38.1 Å². The van der Waals surface area contributed by atoms with E-state index in [1.165, 1.54) is 27.1 Å². The fraction of sp³-hybridized carbons (Fsp3) is 0.750. The zero-order valence-electron chi connectivity index (χ0n) is 10.7. The van der Waals surface area contributed by atoms with Crippen molar-refractivity contribution in [3.63, 3.8) is 0 Å². The van der Waals surface area contributed by atoms with Gasteiger partial charge in [0.2, 0.25) is 0 Å². The molecular weight excluding hydrogens is 268 g/mol. The molecule has 0 spiro atoms. The van der Waals surface area contributed by atoms with E-state index in [1.54, 1.807) is 0 Å². The molecule has 0 radical (unpaired) electrons. The minimum absolute atomic E-state index is 0.180. The van der Waals surface area contributed by atoms with Crippen LogP contribution in [0.4, 0.5) is 0 Å². The first-order valence-electron chi connectivity index (χ1n) is 5.93. The Bertz CT molecular complexity index is 351. The molecule has 5 heteroatoms. The summed E-state index contributed by atoms with van der Waals surface area (Å²) in [5.41, 5.74) is 0.180. The highest BCUT2D eigenvalue weighted by atomic mass is 32.2. The second-order valence-corrected chi connectivity index (χ2v) is 8.81. The summed E-state index contributed by atoms with van der Waals surface area (Å²) >= 11 is 5.99. The van der Waals surface area contributed by atoms with Crippen LogP contribution in [0.3, 0.4) is 0 Å². The van der Waals surface area contributed by atoms with Gasteiger partial charge in [-0.1, -0.05) is 0 Å². The molecule has 2 nitrogen and oxygen atoms in total. The molecule has 1 aliphatic rings. The van der Waals surface area contributed by atoms with Crippen LogP contribution in [0.2, 0.25) is 0 Å². The molecule has 1 aromatic heterocycles. The number of nitrogens with zero attached hydrogens (tertiary/aromatic N) is 1. The second-order valence-electron chi connectivity index (χ2n) is 5.20. The maximum absolute atomic E-state index is 4.58. The molecular formula is C12H20N2S3. The van der Waals surface area contributed by atoms with Gasteiger partial charge in [0.15, 0.2) is 0 Å². The highest BCUT2D eigenvalue weighted by Crippen LogP contribution is 2.38. The van der Waals surface area contributed by atoms with Gasteiger partial charge in [-0.15, -0.1) is 23.1 Å². The lowest BCUT2D eigenvalue weighted by Crippen LogP contribution is -2.34. The van der Waals surface area contributed by atoms with Crippen molar-refractivity contribution in [2.24, 2.45) is 0 Å². The van der Waals surface area contributed by atoms with Crippen LogP contribution >= 0.6 is 34.9 Å². The van der Waals surface area contributed by atoms with E-state index in [0.717, 1.165) is 6.54 Å². The molecule has 0 aromatic carbocycles. The number of aromatic nitrogens is 1. The average molecular weight is 289 g/mol. The zero-order valence-corrected chi connectivity index (χ0v) is 13.1. The van der Waals surface area contributed by atoms with Crippen molar-refractivity contribution in [3.05, 3.63) is 16.1 Å². The van der Waals surface area contributed by atoms with Gasteiger partial charge >= 0.3 is 0 Å². The largest absolute Gasteiger partial charge is 0.307 e. The second kappa shape index (κ2) is 5.95. The summed E-state index contributed by atoms with van der Waals surface area (Å²) in [4.78, 5) is 5.94. The average Bonchev–Trinajstić information content (AvgIpc) is 2.75. The van der Waals surface area contributed by atoms with Crippen LogP contribution in [-0.2, 0) is 6.54 Å². The number of hydrogen-bond donors (Lipinski definition) is 1. The van der Waals surface area contributed by atoms with E-state index in [-0.39, 0.29) is 5.54 Å². The quantitative estimate of drug-likeness (QED) is 0.919. The SMILES string of the molecule is CC(C)(C)NCc1cnc(C2CSCCS2)s1. The molecule has 0 aliphatic carbocycles. The Hall–Kier alpha value is 0.290. The Morgan fingerprint density at radius 2 is 2.24 bits per heavy atom. The van der Waals surface area contributed by atoms with Crippen LogP contribution in [0.25, 0.3) is 0 Å². The minimum Gasteiger partial charge on any atom is -0.307 e. The lowest BCUT2D eigenvalue weighted by Gasteiger charge is -2.20. The van der Waals surface area contributed by atoms with Gasteiger partial charge in [-0.3, -0.25) is 0 Å². The molecule has 0 saturated carbocycles. The number of hydrogen-bond acceptors (Lipinski definition) is 5. The summed E-state index contributed by atoms with van der Waals surface area (Å²) in [7, 11) is 0. The first-order chi connectivity index (χ1) is 8.04. The minimum atomic E-state index is 0.180. The topological polar surface area (TPSA) is 24.9 Å². The molecule has 1 atom stereocenters. The third kappa shape index (κ3) is 4.47. The van der Waals surface area contributed by atoms with Crippen LogP contribution < -0.4 is 5.32 Å². The number of rotatable bonds is 3. The molecule has 1 fully saturated rings. The Morgan fingerprint density at radius 3 is 2.88 bits per heavy atom. The Balaban J connectivity index is 1.91. The highest BCUT2D eigenvalue weighted by Gasteiger charge is 2.20. The Labute approximate surface area is 116 Å². The van der Waals surface area contributed by atoms with E-state index in [2.05, 4.69) is 54.6 Å². The van der Waals surface area contributed by atoms with E-state index < -0.39 is 0 Å². The molecule has 2 rings (SSSR count). The van der Waals surface area contributed by atoms with E-state index >= 15 is 0 Å². The predicted molar refractivity (Wildman–Crippen MR) is 81.2 cm³/mol. The monoisotopic (exact) mass is 288 g/mol. The van der Waals surface area contributed by atoms with E-state index in [4.69, 9.17) is 0 Å². The normalized spacial score (nSPS) is 21.7. The Morgan fingerprint density at radius 1 is 1.41 bits per heavy atom. The van der Waals surface area contributed by atoms with Crippen molar-refractivity contribution < 1.29 is 0 Å². The molecule has 1 unspecified atom stereocenters. The van der Waals surface area contributed by atoms with Gasteiger partial charge in [-0.2, -0.15) is 11.8 Å². The Kier molecular flexibility index (Phi) is 4.80. The summed E-state index contributed by atoms with van der Waals surface area (Å²) in [5.74, 6) is 3.79. The van der Waals surface area contributed by atoms with Crippen molar-refractivity contribution >= 4 is 34.9 Å². The van der Waals surface area contributed by atoms with Gasteiger partial charge in [0.25, 0.3) is 0 Å². The maximum atomic E-state index is 4.58. The van der Waals surface area contributed by atoms with Crippen LogP contribution in [0.1, 0.15) is 35.9 Å². The highest BCUT2D eigenvalue weighted by molar-refractivity contribution is 8.06. The molecule has 1 aromatic rings. The van der Waals surface area contributed by atoms with Crippen LogP contribution in [0.5, 0.6) is 0 Å². The summed E-state index contributed by atoms with van der Waals surface area (Å²) in [6.07, 6.45) is 2.04. The van der Waals surface area contributed by atoms with E-state index in [1.807, 2.05) is 17.5 Å². The van der Waals surface area contributed by atoms with Crippen molar-refractivity contribution in [1.82, 2.24) is 10.3 Å². The third-order valence-electron chi connectivity index (χ3n) is 2.46. The van der Waals surface area contributed by atoms with Gasteiger partial charge in [-0.25, -0.2) is 4.98 Å². The summed E-state index contributed by atoms with van der Waals surface area (Å²) in [6.45, 7) is 7.53. The van der Waals surface area contributed by atoms with Crippen molar-refractivity contribution in [2.75, 3.05) is 17.3 Å². The zero-order chi connectivity index (χ0) is 12.3. The molecule has 1 saturated heterocycles. The summed E-state index contributed by atoms with van der Waals surface area (Å²) in [6, 6.07) is 0. The fourth-order valence-corrected chi connectivity index (χ4v) is 5.38. The van der Waals surface area contributed by atoms with Crippen molar-refractivity contribution in [1.29, 1.82) is 0 Å². The van der Waals surface area contributed by atoms with Crippen molar-refractivity contribution in [3.8, 4) is 0 Å². The van der Waals surface area contributed by atoms with E-state index in [9.17, 15) is 0 Å². The predicted octanol–water partition coefficient (Wildman–Crippen LogP) is 3.55. The summed E-state index contributed by atoms with van der Waals surface area (Å²) < 4.78 is 0. The summed E-state index contributed by atoms with van der Waals surface area (Å²) in [5, 5.41) is 5.45. The molecule has 1 N–H and O–H groups in total.